The largest absolute Gasteiger partial charge is 0.344 e. The van der Waals surface area contributed by atoms with E-state index in [-0.39, 0.29) is 29.0 Å². The first-order valence-corrected chi connectivity index (χ1v) is 7.98. The third kappa shape index (κ3) is 3.44. The highest BCUT2D eigenvalue weighted by Gasteiger charge is 2.32. The minimum Gasteiger partial charge on any atom is -0.344 e. The summed E-state index contributed by atoms with van der Waals surface area (Å²) in [6, 6.07) is 2.21. The summed E-state index contributed by atoms with van der Waals surface area (Å²) >= 11 is 0. The summed E-state index contributed by atoms with van der Waals surface area (Å²) in [6.45, 7) is 1.88. The van der Waals surface area contributed by atoms with Gasteiger partial charge in [0, 0.05) is 38.7 Å². The predicted molar refractivity (Wildman–Crippen MR) is 83.1 cm³/mol. The standard InChI is InChI=1S/C15H19N5O4/c21-12-4-2-10(16-12)14(23)19-6-1-7-20(9-8-19)15(24)11-3-5-13(22)18-17-11/h3,5,10H,1-2,4,6-9H2,(H,16,21)(H,18,22). The third-order valence-electron chi connectivity index (χ3n) is 4.29. The SMILES string of the molecule is O=C1CCC(C(=O)N2CCCN(C(=O)c3ccc(=O)[nH]n3)CC2)N1. The van der Waals surface area contributed by atoms with E-state index in [1.165, 1.54) is 12.1 Å². The van der Waals surface area contributed by atoms with Crippen molar-refractivity contribution in [2.45, 2.75) is 25.3 Å². The molecule has 1 atom stereocenters. The van der Waals surface area contributed by atoms with E-state index in [1.807, 2.05) is 0 Å². The van der Waals surface area contributed by atoms with Crippen molar-refractivity contribution >= 4 is 17.7 Å². The molecule has 1 aromatic heterocycles. The van der Waals surface area contributed by atoms with Crippen LogP contribution in [0.25, 0.3) is 0 Å². The minimum absolute atomic E-state index is 0.0858. The molecule has 1 aromatic rings. The molecule has 128 valence electrons. The number of H-pyrrole nitrogens is 1. The van der Waals surface area contributed by atoms with Crippen molar-refractivity contribution in [3.63, 3.8) is 0 Å². The zero-order valence-electron chi connectivity index (χ0n) is 13.2. The van der Waals surface area contributed by atoms with Gasteiger partial charge in [-0.15, -0.1) is 0 Å². The molecule has 9 heteroatoms. The molecule has 0 saturated carbocycles. The second-order valence-electron chi connectivity index (χ2n) is 5.94. The second kappa shape index (κ2) is 6.81. The fraction of sp³-hybridized carbons (Fsp3) is 0.533. The number of hydrogen-bond donors (Lipinski definition) is 2. The Morgan fingerprint density at radius 3 is 2.50 bits per heavy atom. The van der Waals surface area contributed by atoms with Crippen LogP contribution in [0, 0.1) is 0 Å². The van der Waals surface area contributed by atoms with Gasteiger partial charge in [0.25, 0.3) is 11.5 Å². The van der Waals surface area contributed by atoms with E-state index in [1.54, 1.807) is 9.80 Å². The topological polar surface area (TPSA) is 115 Å². The van der Waals surface area contributed by atoms with Gasteiger partial charge in [-0.3, -0.25) is 19.2 Å². The molecule has 1 unspecified atom stereocenters. The lowest BCUT2D eigenvalue weighted by Gasteiger charge is -2.24. The number of rotatable bonds is 2. The van der Waals surface area contributed by atoms with Gasteiger partial charge in [-0.05, 0) is 18.9 Å². The van der Waals surface area contributed by atoms with E-state index in [9.17, 15) is 19.2 Å². The van der Waals surface area contributed by atoms with Gasteiger partial charge in [-0.25, -0.2) is 5.10 Å². The van der Waals surface area contributed by atoms with Gasteiger partial charge in [0.1, 0.15) is 11.7 Å². The molecule has 0 spiro atoms. The van der Waals surface area contributed by atoms with Crippen LogP contribution in [0.5, 0.6) is 0 Å². The molecule has 24 heavy (non-hydrogen) atoms. The average Bonchev–Trinajstić information content (AvgIpc) is 2.87. The molecule has 3 heterocycles. The van der Waals surface area contributed by atoms with Gasteiger partial charge in [-0.2, -0.15) is 5.10 Å². The Labute approximate surface area is 138 Å². The molecule has 0 bridgehead atoms. The van der Waals surface area contributed by atoms with Crippen molar-refractivity contribution < 1.29 is 14.4 Å². The summed E-state index contributed by atoms with van der Waals surface area (Å²) in [4.78, 5) is 50.5. The van der Waals surface area contributed by atoms with Crippen molar-refractivity contribution in [2.24, 2.45) is 0 Å². The first kappa shape index (κ1) is 16.2. The second-order valence-corrected chi connectivity index (χ2v) is 5.94. The Bertz CT molecular complexity index is 696. The summed E-state index contributed by atoms with van der Waals surface area (Å²) in [7, 11) is 0. The Morgan fingerprint density at radius 1 is 1.08 bits per heavy atom. The number of carbonyl (C=O) groups excluding carboxylic acids is 3. The van der Waals surface area contributed by atoms with Crippen molar-refractivity contribution in [3.8, 4) is 0 Å². The minimum atomic E-state index is -0.444. The molecule has 3 amide bonds. The maximum absolute atomic E-state index is 12.4. The number of nitrogens with zero attached hydrogens (tertiary/aromatic N) is 3. The number of aromatic amines is 1. The molecular formula is C15H19N5O4. The normalized spacial score (nSPS) is 21.3. The van der Waals surface area contributed by atoms with E-state index in [4.69, 9.17) is 0 Å². The monoisotopic (exact) mass is 333 g/mol. The Hall–Kier alpha value is -2.71. The highest BCUT2D eigenvalue weighted by molar-refractivity contribution is 5.92. The maximum atomic E-state index is 12.4. The van der Waals surface area contributed by atoms with Gasteiger partial charge in [0.05, 0.1) is 0 Å². The van der Waals surface area contributed by atoms with Gasteiger partial charge < -0.3 is 15.1 Å². The van der Waals surface area contributed by atoms with E-state index in [0.717, 1.165) is 0 Å². The first-order valence-electron chi connectivity index (χ1n) is 7.98. The van der Waals surface area contributed by atoms with E-state index < -0.39 is 6.04 Å². The van der Waals surface area contributed by atoms with Crippen molar-refractivity contribution in [1.82, 2.24) is 25.3 Å². The van der Waals surface area contributed by atoms with Crippen LogP contribution in [-0.4, -0.2) is 69.9 Å². The Morgan fingerprint density at radius 2 is 1.83 bits per heavy atom. The molecule has 3 rings (SSSR count). The van der Waals surface area contributed by atoms with E-state index >= 15 is 0 Å². The van der Waals surface area contributed by atoms with Crippen LogP contribution in [0.15, 0.2) is 16.9 Å². The van der Waals surface area contributed by atoms with Crippen molar-refractivity contribution in [2.75, 3.05) is 26.2 Å². The summed E-state index contributed by atoms with van der Waals surface area (Å²) in [5.74, 6) is -0.448. The molecular weight excluding hydrogens is 314 g/mol. The maximum Gasteiger partial charge on any atom is 0.274 e. The molecule has 2 fully saturated rings. The molecule has 0 aliphatic carbocycles. The van der Waals surface area contributed by atoms with Crippen molar-refractivity contribution in [1.29, 1.82) is 0 Å². The number of nitrogens with one attached hydrogen (secondary N) is 2. The summed E-state index contributed by atoms with van der Waals surface area (Å²) in [5.41, 5.74) is -0.185. The van der Waals surface area contributed by atoms with Crippen LogP contribution in [0.3, 0.4) is 0 Å². The van der Waals surface area contributed by atoms with Crippen LogP contribution in [-0.2, 0) is 9.59 Å². The van der Waals surface area contributed by atoms with Gasteiger partial charge in [0.15, 0.2) is 0 Å². The highest BCUT2D eigenvalue weighted by atomic mass is 16.2. The molecule has 2 aliphatic rings. The smallest absolute Gasteiger partial charge is 0.274 e. The lowest BCUT2D eigenvalue weighted by atomic mass is 10.2. The van der Waals surface area contributed by atoms with E-state index in [0.29, 0.717) is 45.4 Å². The zero-order chi connectivity index (χ0) is 17.1. The summed E-state index contributed by atoms with van der Waals surface area (Å²) in [6.07, 6.45) is 1.56. The van der Waals surface area contributed by atoms with Gasteiger partial charge >= 0.3 is 0 Å². The number of aromatic nitrogens is 2. The van der Waals surface area contributed by atoms with Crippen LogP contribution in [0.4, 0.5) is 0 Å². The Balaban J connectivity index is 1.61. The quantitative estimate of drug-likeness (QED) is 0.700. The van der Waals surface area contributed by atoms with Gasteiger partial charge in [-0.1, -0.05) is 0 Å². The lowest BCUT2D eigenvalue weighted by Crippen LogP contribution is -2.46. The summed E-state index contributed by atoms with van der Waals surface area (Å²) in [5, 5.41) is 8.68. The Kier molecular flexibility index (Phi) is 4.59. The highest BCUT2D eigenvalue weighted by Crippen LogP contribution is 2.13. The summed E-state index contributed by atoms with van der Waals surface area (Å²) < 4.78 is 0. The van der Waals surface area contributed by atoms with Gasteiger partial charge in [0.2, 0.25) is 11.8 Å². The van der Waals surface area contributed by atoms with Crippen molar-refractivity contribution in [3.05, 3.63) is 28.2 Å². The molecule has 0 aromatic carbocycles. The molecule has 2 N–H and O–H groups in total. The molecule has 9 nitrogen and oxygen atoms in total. The first-order chi connectivity index (χ1) is 11.5. The van der Waals surface area contributed by atoms with Crippen LogP contribution >= 0.6 is 0 Å². The fourth-order valence-electron chi connectivity index (χ4n) is 2.99. The molecule has 0 radical (unpaired) electrons. The van der Waals surface area contributed by atoms with Crippen LogP contribution in [0.2, 0.25) is 0 Å². The lowest BCUT2D eigenvalue weighted by molar-refractivity contribution is -0.134. The van der Waals surface area contributed by atoms with Crippen LogP contribution < -0.4 is 10.9 Å². The third-order valence-corrected chi connectivity index (χ3v) is 4.29. The number of carbonyl (C=O) groups is 3. The average molecular weight is 333 g/mol. The van der Waals surface area contributed by atoms with Crippen LogP contribution in [0.1, 0.15) is 29.8 Å². The predicted octanol–water partition coefficient (Wildman–Crippen LogP) is -1.28. The zero-order valence-corrected chi connectivity index (χ0v) is 13.2. The van der Waals surface area contributed by atoms with E-state index in [2.05, 4.69) is 15.5 Å². The fourth-order valence-corrected chi connectivity index (χ4v) is 2.99. The molecule has 2 aliphatic heterocycles. The number of amides is 3. The molecule has 2 saturated heterocycles. The number of hydrogen-bond acceptors (Lipinski definition) is 5.